The van der Waals surface area contributed by atoms with Crippen LogP contribution in [0.1, 0.15) is 55.0 Å². The zero-order valence-corrected chi connectivity index (χ0v) is 11.6. The molecule has 102 valence electrons. The highest BCUT2D eigenvalue weighted by molar-refractivity contribution is 5.60. The van der Waals surface area contributed by atoms with Gasteiger partial charge in [-0.25, -0.2) is 0 Å². The highest BCUT2D eigenvalue weighted by Gasteiger charge is 2.21. The van der Waals surface area contributed by atoms with Crippen molar-refractivity contribution >= 4 is 0 Å². The molecule has 4 heteroatoms. The molecule has 1 aromatic heterocycles. The predicted molar refractivity (Wildman–Crippen MR) is 75.0 cm³/mol. The number of aromatic nitrogens is 2. The first-order valence-corrected chi connectivity index (χ1v) is 7.12. The van der Waals surface area contributed by atoms with Crippen LogP contribution in [-0.4, -0.2) is 10.1 Å². The van der Waals surface area contributed by atoms with Crippen LogP contribution in [0.3, 0.4) is 0 Å². The van der Waals surface area contributed by atoms with Gasteiger partial charge >= 0.3 is 0 Å². The first-order chi connectivity index (χ1) is 9.78. The van der Waals surface area contributed by atoms with Gasteiger partial charge in [0.2, 0.25) is 0 Å². The smallest absolute Gasteiger partial charge is 0.258 e. The van der Waals surface area contributed by atoms with Gasteiger partial charge in [0.05, 0.1) is 11.6 Å². The summed E-state index contributed by atoms with van der Waals surface area (Å²) in [6.45, 7) is 1.96. The maximum absolute atomic E-state index is 8.90. The van der Waals surface area contributed by atoms with E-state index < -0.39 is 0 Å². The van der Waals surface area contributed by atoms with Crippen molar-refractivity contribution in [2.24, 2.45) is 0 Å². The monoisotopic (exact) mass is 267 g/mol. The number of nitriles is 1. The van der Waals surface area contributed by atoms with E-state index in [0.29, 0.717) is 17.4 Å². The standard InChI is InChI=1S/C16H17N3O/c1-11-9-12(10-17)7-8-14(11)16-18-15(19-20-16)13-5-3-2-4-6-13/h7-9,13H,2-6H2,1H3. The van der Waals surface area contributed by atoms with Gasteiger partial charge < -0.3 is 4.52 Å². The first kappa shape index (κ1) is 12.9. The minimum Gasteiger partial charge on any atom is -0.334 e. The van der Waals surface area contributed by atoms with Crippen LogP contribution in [0.5, 0.6) is 0 Å². The average Bonchev–Trinajstić information content (AvgIpc) is 2.97. The van der Waals surface area contributed by atoms with Crippen LogP contribution in [-0.2, 0) is 0 Å². The second-order valence-corrected chi connectivity index (χ2v) is 5.43. The molecule has 0 spiro atoms. The van der Waals surface area contributed by atoms with Crippen molar-refractivity contribution < 1.29 is 4.52 Å². The Bertz CT molecular complexity index is 648. The Kier molecular flexibility index (Phi) is 3.51. The van der Waals surface area contributed by atoms with Crippen LogP contribution in [0, 0.1) is 18.3 Å². The van der Waals surface area contributed by atoms with E-state index in [4.69, 9.17) is 9.78 Å². The van der Waals surface area contributed by atoms with E-state index in [2.05, 4.69) is 16.2 Å². The molecular formula is C16H17N3O. The number of hydrogen-bond acceptors (Lipinski definition) is 4. The predicted octanol–water partition coefficient (Wildman–Crippen LogP) is 3.96. The zero-order chi connectivity index (χ0) is 13.9. The Hall–Kier alpha value is -2.15. The Balaban J connectivity index is 1.88. The van der Waals surface area contributed by atoms with Gasteiger partial charge in [0.25, 0.3) is 5.89 Å². The third-order valence-corrected chi connectivity index (χ3v) is 4.00. The van der Waals surface area contributed by atoms with Crippen LogP contribution in [0.25, 0.3) is 11.5 Å². The normalized spacial score (nSPS) is 16.0. The second kappa shape index (κ2) is 5.46. The van der Waals surface area contributed by atoms with Gasteiger partial charge in [-0.2, -0.15) is 10.2 Å². The molecule has 1 saturated carbocycles. The maximum Gasteiger partial charge on any atom is 0.258 e. The third kappa shape index (κ3) is 2.44. The summed E-state index contributed by atoms with van der Waals surface area (Å²) in [5, 5.41) is 13.0. The number of rotatable bonds is 2. The molecule has 0 bridgehead atoms. The molecule has 4 nitrogen and oxygen atoms in total. The first-order valence-electron chi connectivity index (χ1n) is 7.12. The van der Waals surface area contributed by atoms with E-state index in [1.807, 2.05) is 19.1 Å². The van der Waals surface area contributed by atoms with Crippen LogP contribution in [0.15, 0.2) is 22.7 Å². The van der Waals surface area contributed by atoms with Crippen molar-refractivity contribution in [3.05, 3.63) is 35.2 Å². The summed E-state index contributed by atoms with van der Waals surface area (Å²) in [6, 6.07) is 7.65. The minimum atomic E-state index is 0.444. The van der Waals surface area contributed by atoms with Gasteiger partial charge in [0, 0.05) is 11.5 Å². The van der Waals surface area contributed by atoms with E-state index in [-0.39, 0.29) is 0 Å². The van der Waals surface area contributed by atoms with Gasteiger partial charge in [0.1, 0.15) is 0 Å². The van der Waals surface area contributed by atoms with Crippen LogP contribution in [0.4, 0.5) is 0 Å². The summed E-state index contributed by atoms with van der Waals surface area (Å²) in [5.41, 5.74) is 2.56. The zero-order valence-electron chi connectivity index (χ0n) is 11.6. The van der Waals surface area contributed by atoms with Gasteiger partial charge in [0.15, 0.2) is 5.82 Å². The number of aryl methyl sites for hydroxylation is 1. The quantitative estimate of drug-likeness (QED) is 0.826. The van der Waals surface area contributed by atoms with E-state index in [0.717, 1.165) is 29.8 Å². The number of benzene rings is 1. The second-order valence-electron chi connectivity index (χ2n) is 5.43. The lowest BCUT2D eigenvalue weighted by molar-refractivity contribution is 0.385. The molecule has 0 N–H and O–H groups in total. The third-order valence-electron chi connectivity index (χ3n) is 4.00. The van der Waals surface area contributed by atoms with E-state index in [1.54, 1.807) is 6.07 Å². The Morgan fingerprint density at radius 1 is 1.25 bits per heavy atom. The number of nitrogens with zero attached hydrogens (tertiary/aromatic N) is 3. The Morgan fingerprint density at radius 3 is 2.75 bits per heavy atom. The fourth-order valence-corrected chi connectivity index (χ4v) is 2.84. The van der Waals surface area contributed by atoms with E-state index >= 15 is 0 Å². The number of hydrogen-bond donors (Lipinski definition) is 0. The molecule has 0 atom stereocenters. The van der Waals surface area contributed by atoms with Gasteiger partial charge in [-0.1, -0.05) is 24.4 Å². The summed E-state index contributed by atoms with van der Waals surface area (Å²) in [7, 11) is 0. The van der Waals surface area contributed by atoms with Crippen molar-refractivity contribution in [1.82, 2.24) is 10.1 Å². The molecule has 0 radical (unpaired) electrons. The molecule has 1 aliphatic carbocycles. The SMILES string of the molecule is Cc1cc(C#N)ccc1-c1nc(C2CCCCC2)no1. The Labute approximate surface area is 118 Å². The molecule has 3 rings (SSSR count). The van der Waals surface area contributed by atoms with Crippen molar-refractivity contribution in [2.45, 2.75) is 44.9 Å². The summed E-state index contributed by atoms with van der Waals surface area (Å²) in [5.74, 6) is 1.84. The molecule has 1 fully saturated rings. The Morgan fingerprint density at radius 2 is 2.05 bits per heavy atom. The van der Waals surface area contributed by atoms with Crippen molar-refractivity contribution in [3.8, 4) is 17.5 Å². The van der Waals surface area contributed by atoms with Crippen molar-refractivity contribution in [1.29, 1.82) is 5.26 Å². The lowest BCUT2D eigenvalue weighted by Crippen LogP contribution is -2.06. The summed E-state index contributed by atoms with van der Waals surface area (Å²) in [4.78, 5) is 4.56. The molecule has 1 heterocycles. The van der Waals surface area contributed by atoms with Gasteiger partial charge in [-0.05, 0) is 43.5 Å². The lowest BCUT2D eigenvalue weighted by Gasteiger charge is -2.17. The van der Waals surface area contributed by atoms with Crippen molar-refractivity contribution in [3.63, 3.8) is 0 Å². The van der Waals surface area contributed by atoms with Gasteiger partial charge in [-0.3, -0.25) is 0 Å². The molecule has 0 aliphatic heterocycles. The topological polar surface area (TPSA) is 62.7 Å². The summed E-state index contributed by atoms with van der Waals surface area (Å²) >= 11 is 0. The molecule has 20 heavy (non-hydrogen) atoms. The van der Waals surface area contributed by atoms with Gasteiger partial charge in [-0.15, -0.1) is 0 Å². The fourth-order valence-electron chi connectivity index (χ4n) is 2.84. The molecule has 0 amide bonds. The fraction of sp³-hybridized carbons (Fsp3) is 0.438. The molecule has 0 saturated heterocycles. The maximum atomic E-state index is 8.90. The van der Waals surface area contributed by atoms with Crippen LogP contribution in [0.2, 0.25) is 0 Å². The van der Waals surface area contributed by atoms with E-state index in [1.165, 1.54) is 19.3 Å². The average molecular weight is 267 g/mol. The molecule has 2 aromatic rings. The summed E-state index contributed by atoms with van der Waals surface area (Å²) in [6.07, 6.45) is 6.14. The molecular weight excluding hydrogens is 250 g/mol. The largest absolute Gasteiger partial charge is 0.334 e. The highest BCUT2D eigenvalue weighted by atomic mass is 16.5. The van der Waals surface area contributed by atoms with E-state index in [9.17, 15) is 0 Å². The van der Waals surface area contributed by atoms with Crippen molar-refractivity contribution in [2.75, 3.05) is 0 Å². The van der Waals surface area contributed by atoms with Crippen LogP contribution < -0.4 is 0 Å². The minimum absolute atomic E-state index is 0.444. The van der Waals surface area contributed by atoms with Crippen LogP contribution >= 0.6 is 0 Å². The summed E-state index contributed by atoms with van der Waals surface area (Å²) < 4.78 is 5.41. The lowest BCUT2D eigenvalue weighted by atomic mass is 9.89. The molecule has 1 aromatic carbocycles. The molecule has 1 aliphatic rings. The molecule has 0 unspecified atom stereocenters. The highest BCUT2D eigenvalue weighted by Crippen LogP contribution is 2.32.